The fourth-order valence-corrected chi connectivity index (χ4v) is 6.60. The van der Waals surface area contributed by atoms with Crippen LogP contribution in [0, 0.1) is 5.92 Å². The lowest BCUT2D eigenvalue weighted by atomic mass is 9.95. The highest BCUT2D eigenvalue weighted by atomic mass is 32.2. The molecular formula is C24H25N5S2. The third-order valence-electron chi connectivity index (χ3n) is 6.84. The minimum atomic E-state index is 0.388. The number of piperidine rings is 1. The molecule has 31 heavy (non-hydrogen) atoms. The smallest absolute Gasteiger partial charge is 0.191 e. The van der Waals surface area contributed by atoms with E-state index >= 15 is 0 Å². The van der Waals surface area contributed by atoms with E-state index in [9.17, 15) is 0 Å². The highest BCUT2D eigenvalue weighted by molar-refractivity contribution is 7.99. The van der Waals surface area contributed by atoms with Crippen molar-refractivity contribution in [2.45, 2.75) is 23.4 Å². The van der Waals surface area contributed by atoms with Crippen molar-refractivity contribution in [3.8, 4) is 11.4 Å². The fourth-order valence-electron chi connectivity index (χ4n) is 5.10. The molecule has 5 nitrogen and oxygen atoms in total. The van der Waals surface area contributed by atoms with Crippen LogP contribution < -0.4 is 0 Å². The van der Waals surface area contributed by atoms with Gasteiger partial charge in [0.2, 0.25) is 0 Å². The molecule has 2 aromatic carbocycles. The van der Waals surface area contributed by atoms with Crippen LogP contribution in [0.3, 0.4) is 0 Å². The summed E-state index contributed by atoms with van der Waals surface area (Å²) in [6, 6.07) is 17.2. The van der Waals surface area contributed by atoms with Gasteiger partial charge in [-0.2, -0.15) is 0 Å². The predicted octanol–water partition coefficient (Wildman–Crippen LogP) is 4.85. The minimum Gasteiger partial charge on any atom is -0.305 e. The monoisotopic (exact) mass is 447 g/mol. The number of thioether (sulfide) groups is 1. The Morgan fingerprint density at radius 1 is 1.16 bits per heavy atom. The van der Waals surface area contributed by atoms with E-state index in [-0.39, 0.29) is 0 Å². The van der Waals surface area contributed by atoms with Crippen LogP contribution in [0.15, 0.2) is 59.2 Å². The average molecular weight is 448 g/mol. The number of aromatic nitrogens is 4. The maximum atomic E-state index is 4.53. The van der Waals surface area contributed by atoms with E-state index in [2.05, 4.69) is 62.0 Å². The van der Waals surface area contributed by atoms with Gasteiger partial charge in [0, 0.05) is 36.9 Å². The third-order valence-corrected chi connectivity index (χ3v) is 8.75. The molecular weight excluding hydrogens is 422 g/mol. The Balaban J connectivity index is 1.03. The highest BCUT2D eigenvalue weighted by Crippen LogP contribution is 2.59. The van der Waals surface area contributed by atoms with E-state index in [1.165, 1.54) is 36.2 Å². The first-order valence-corrected chi connectivity index (χ1v) is 12.7. The van der Waals surface area contributed by atoms with Gasteiger partial charge in [-0.3, -0.25) is 0 Å². The summed E-state index contributed by atoms with van der Waals surface area (Å²) in [5, 5.41) is 9.80. The van der Waals surface area contributed by atoms with Crippen LogP contribution in [-0.4, -0.2) is 50.0 Å². The standard InChI is InChI=1S/C24H25N5S2/c1-28-22(17-6-3-2-4-7-17)26-27-23(28)30-11-5-10-29-14-19-13-24(19,15-29)18-8-9-21-20(12-18)25-16-31-21/h2-4,6-9,12,16,19H,5,10-11,13-15H2,1H3. The molecule has 2 fully saturated rings. The molecule has 2 aromatic heterocycles. The molecule has 0 radical (unpaired) electrons. The molecule has 0 N–H and O–H groups in total. The van der Waals surface area contributed by atoms with Crippen LogP contribution in [0.1, 0.15) is 18.4 Å². The number of thiazole rings is 1. The van der Waals surface area contributed by atoms with Crippen molar-refractivity contribution >= 4 is 33.3 Å². The lowest BCUT2D eigenvalue weighted by molar-refractivity contribution is 0.299. The Labute approximate surface area is 190 Å². The van der Waals surface area contributed by atoms with Gasteiger partial charge >= 0.3 is 0 Å². The lowest BCUT2D eigenvalue weighted by Gasteiger charge is -2.21. The second-order valence-corrected chi connectivity index (χ2v) is 10.7. The van der Waals surface area contributed by atoms with E-state index < -0.39 is 0 Å². The number of hydrogen-bond donors (Lipinski definition) is 0. The number of fused-ring (bicyclic) bond motifs is 2. The summed E-state index contributed by atoms with van der Waals surface area (Å²) in [6.07, 6.45) is 2.52. The summed E-state index contributed by atoms with van der Waals surface area (Å²) in [4.78, 5) is 7.18. The second kappa shape index (κ2) is 7.73. The van der Waals surface area contributed by atoms with Crippen molar-refractivity contribution in [1.82, 2.24) is 24.6 Å². The molecule has 0 spiro atoms. The number of benzene rings is 2. The van der Waals surface area contributed by atoms with Crippen molar-refractivity contribution in [3.63, 3.8) is 0 Å². The normalized spacial score (nSPS) is 22.8. The van der Waals surface area contributed by atoms with Gasteiger partial charge in [0.25, 0.3) is 0 Å². The SMILES string of the molecule is Cn1c(SCCCN2CC3CC3(c3ccc4scnc4c3)C2)nnc1-c1ccccc1. The second-order valence-electron chi connectivity index (χ2n) is 8.76. The predicted molar refractivity (Wildman–Crippen MR) is 128 cm³/mol. The molecule has 6 rings (SSSR count). The average Bonchev–Trinajstić information content (AvgIpc) is 3.15. The third kappa shape index (κ3) is 3.49. The van der Waals surface area contributed by atoms with Gasteiger partial charge in [-0.15, -0.1) is 21.5 Å². The van der Waals surface area contributed by atoms with Gasteiger partial charge in [0.1, 0.15) is 0 Å². The summed E-state index contributed by atoms with van der Waals surface area (Å²) in [5.74, 6) is 2.82. The summed E-state index contributed by atoms with van der Waals surface area (Å²) < 4.78 is 3.40. The van der Waals surface area contributed by atoms with Crippen LogP contribution in [0.25, 0.3) is 21.6 Å². The molecule has 3 heterocycles. The van der Waals surface area contributed by atoms with Crippen molar-refractivity contribution in [3.05, 3.63) is 59.6 Å². The van der Waals surface area contributed by atoms with E-state index in [1.807, 2.05) is 35.5 Å². The summed E-state index contributed by atoms with van der Waals surface area (Å²) in [6.45, 7) is 3.59. The van der Waals surface area contributed by atoms with Crippen LogP contribution in [0.5, 0.6) is 0 Å². The van der Waals surface area contributed by atoms with Gasteiger partial charge in [0.05, 0.1) is 15.7 Å². The molecule has 1 aliphatic carbocycles. The van der Waals surface area contributed by atoms with Crippen molar-refractivity contribution < 1.29 is 0 Å². The highest BCUT2D eigenvalue weighted by Gasteiger charge is 2.60. The molecule has 2 unspecified atom stereocenters. The Kier molecular flexibility index (Phi) is 4.85. The van der Waals surface area contributed by atoms with Gasteiger partial charge < -0.3 is 9.47 Å². The molecule has 2 atom stereocenters. The van der Waals surface area contributed by atoms with Crippen LogP contribution in [0.4, 0.5) is 0 Å². The quantitative estimate of drug-likeness (QED) is 0.299. The number of nitrogens with zero attached hydrogens (tertiary/aromatic N) is 5. The summed E-state index contributed by atoms with van der Waals surface area (Å²) in [5.41, 5.74) is 6.12. The number of hydrogen-bond acceptors (Lipinski definition) is 6. The first-order valence-electron chi connectivity index (χ1n) is 10.9. The lowest BCUT2D eigenvalue weighted by Crippen LogP contribution is -2.27. The maximum absolute atomic E-state index is 4.53. The first kappa shape index (κ1) is 19.5. The largest absolute Gasteiger partial charge is 0.305 e. The molecule has 7 heteroatoms. The van der Waals surface area contributed by atoms with Gasteiger partial charge in [-0.05, 0) is 43.0 Å². The Bertz CT molecular complexity index is 1220. The molecule has 1 aliphatic heterocycles. The first-order chi connectivity index (χ1) is 15.2. The fraction of sp³-hybridized carbons (Fsp3) is 0.375. The van der Waals surface area contributed by atoms with E-state index in [1.54, 1.807) is 11.3 Å². The Hall–Kier alpha value is -2.22. The van der Waals surface area contributed by atoms with Crippen LogP contribution >= 0.6 is 23.1 Å². The van der Waals surface area contributed by atoms with E-state index in [0.717, 1.165) is 40.3 Å². The molecule has 4 aromatic rings. The van der Waals surface area contributed by atoms with E-state index in [4.69, 9.17) is 0 Å². The molecule has 1 saturated carbocycles. The number of likely N-dealkylation sites (tertiary alicyclic amines) is 1. The number of rotatable bonds is 7. The van der Waals surface area contributed by atoms with Crippen molar-refractivity contribution in [2.24, 2.45) is 13.0 Å². The summed E-state index contributed by atoms with van der Waals surface area (Å²) in [7, 11) is 2.06. The molecule has 0 amide bonds. The van der Waals surface area contributed by atoms with E-state index in [0.29, 0.717) is 5.41 Å². The molecule has 158 valence electrons. The summed E-state index contributed by atoms with van der Waals surface area (Å²) >= 11 is 3.54. The van der Waals surface area contributed by atoms with Gasteiger partial charge in [-0.25, -0.2) is 4.98 Å². The Morgan fingerprint density at radius 2 is 2.06 bits per heavy atom. The minimum absolute atomic E-state index is 0.388. The van der Waals surface area contributed by atoms with Crippen LogP contribution in [-0.2, 0) is 12.5 Å². The molecule has 2 aliphatic rings. The van der Waals surface area contributed by atoms with Crippen molar-refractivity contribution in [2.75, 3.05) is 25.4 Å². The maximum Gasteiger partial charge on any atom is 0.191 e. The van der Waals surface area contributed by atoms with Gasteiger partial charge in [0.15, 0.2) is 11.0 Å². The zero-order valence-electron chi connectivity index (χ0n) is 17.6. The zero-order chi connectivity index (χ0) is 20.8. The van der Waals surface area contributed by atoms with Gasteiger partial charge in [-0.1, -0.05) is 48.2 Å². The zero-order valence-corrected chi connectivity index (χ0v) is 19.2. The topological polar surface area (TPSA) is 46.8 Å². The van der Waals surface area contributed by atoms with Crippen molar-refractivity contribution in [1.29, 1.82) is 0 Å². The molecule has 0 bridgehead atoms. The van der Waals surface area contributed by atoms with Crippen LogP contribution in [0.2, 0.25) is 0 Å². The molecule has 1 saturated heterocycles. The Morgan fingerprint density at radius 3 is 2.97 bits per heavy atom.